The Hall–Kier alpha value is -0.0951. The molecule has 4 nitrogen and oxygen atoms in total. The van der Waals surface area contributed by atoms with Crippen LogP contribution in [0.25, 0.3) is 0 Å². The summed E-state index contributed by atoms with van der Waals surface area (Å²) < 4.78 is 0. The van der Waals surface area contributed by atoms with Gasteiger partial charge in [0.05, 0.1) is 6.17 Å². The summed E-state index contributed by atoms with van der Waals surface area (Å²) in [5.74, 6) is -0.338. The lowest BCUT2D eigenvalue weighted by Gasteiger charge is -2.17. The Morgan fingerprint density at radius 1 is 1.56 bits per heavy atom. The largest absolute Gasteiger partial charge is 0.457 e. The van der Waals surface area contributed by atoms with E-state index in [1.54, 1.807) is 14.0 Å². The third-order valence-electron chi connectivity index (χ3n) is 1.37. The fourth-order valence-electron chi connectivity index (χ4n) is 0.448. The molecule has 0 bridgehead atoms. The zero-order valence-electron chi connectivity index (χ0n) is 5.70. The second-order valence-corrected chi connectivity index (χ2v) is 2.09. The van der Waals surface area contributed by atoms with Crippen LogP contribution in [0.4, 0.5) is 0 Å². The zero-order chi connectivity index (χ0) is 7.44. The quantitative estimate of drug-likeness (QED) is 0.274. The molecule has 0 aromatic rings. The maximum absolute atomic E-state index is 8.56. The van der Waals surface area contributed by atoms with Crippen LogP contribution >= 0.6 is 0 Å². The Morgan fingerprint density at radius 2 is 2.00 bits per heavy atom. The SMILES string of the molecule is CNC(N)[C@H](C)B(O)O. The van der Waals surface area contributed by atoms with E-state index in [9.17, 15) is 0 Å². The molecule has 0 saturated carbocycles. The first-order valence-corrected chi connectivity index (χ1v) is 2.88. The van der Waals surface area contributed by atoms with E-state index in [2.05, 4.69) is 5.32 Å². The Labute approximate surface area is 55.2 Å². The van der Waals surface area contributed by atoms with Gasteiger partial charge < -0.3 is 21.1 Å². The van der Waals surface area contributed by atoms with Gasteiger partial charge in [-0.1, -0.05) is 6.92 Å². The lowest BCUT2D eigenvalue weighted by Crippen LogP contribution is -2.43. The van der Waals surface area contributed by atoms with Crippen LogP contribution in [0.5, 0.6) is 0 Å². The summed E-state index contributed by atoms with van der Waals surface area (Å²) in [4.78, 5) is 0. The monoisotopic (exact) mass is 132 g/mol. The van der Waals surface area contributed by atoms with Crippen LogP contribution < -0.4 is 11.1 Å². The van der Waals surface area contributed by atoms with Crippen molar-refractivity contribution in [2.75, 3.05) is 7.05 Å². The van der Waals surface area contributed by atoms with Crippen LogP contribution in [0.2, 0.25) is 5.82 Å². The maximum atomic E-state index is 8.56. The summed E-state index contributed by atoms with van der Waals surface area (Å²) in [6.07, 6.45) is -0.356. The van der Waals surface area contributed by atoms with E-state index < -0.39 is 7.12 Å². The number of rotatable bonds is 3. The minimum Gasteiger partial charge on any atom is -0.427 e. The molecule has 2 atom stereocenters. The predicted molar refractivity (Wildman–Crippen MR) is 36.7 cm³/mol. The van der Waals surface area contributed by atoms with Crippen molar-refractivity contribution in [1.82, 2.24) is 5.32 Å². The molecule has 0 spiro atoms. The number of hydrogen-bond donors (Lipinski definition) is 4. The summed E-state index contributed by atoms with van der Waals surface area (Å²) in [6.45, 7) is 1.66. The second-order valence-electron chi connectivity index (χ2n) is 2.09. The summed E-state index contributed by atoms with van der Waals surface area (Å²) in [5, 5.41) is 19.8. The van der Waals surface area contributed by atoms with Gasteiger partial charge in [-0.25, -0.2) is 0 Å². The third kappa shape index (κ3) is 2.81. The molecular weight excluding hydrogens is 119 g/mol. The van der Waals surface area contributed by atoms with Crippen molar-refractivity contribution >= 4 is 7.12 Å². The highest BCUT2D eigenvalue weighted by molar-refractivity contribution is 6.43. The zero-order valence-corrected chi connectivity index (χ0v) is 5.70. The highest BCUT2D eigenvalue weighted by atomic mass is 16.4. The van der Waals surface area contributed by atoms with E-state index in [1.165, 1.54) is 0 Å². The van der Waals surface area contributed by atoms with E-state index in [-0.39, 0.29) is 12.0 Å². The van der Waals surface area contributed by atoms with E-state index in [0.29, 0.717) is 0 Å². The van der Waals surface area contributed by atoms with Gasteiger partial charge in [0.25, 0.3) is 0 Å². The fourth-order valence-corrected chi connectivity index (χ4v) is 0.448. The molecule has 0 amide bonds. The lowest BCUT2D eigenvalue weighted by molar-refractivity contribution is 0.366. The summed E-state index contributed by atoms with van der Waals surface area (Å²) in [7, 11) is 0.330. The molecule has 0 saturated heterocycles. The average Bonchev–Trinajstić information content (AvgIpc) is 1.84. The summed E-state index contributed by atoms with van der Waals surface area (Å²) in [5.41, 5.74) is 5.39. The van der Waals surface area contributed by atoms with Crippen LogP contribution in [-0.2, 0) is 0 Å². The van der Waals surface area contributed by atoms with Crippen LogP contribution in [-0.4, -0.2) is 30.4 Å². The van der Waals surface area contributed by atoms with Gasteiger partial charge in [-0.3, -0.25) is 0 Å². The smallest absolute Gasteiger partial charge is 0.427 e. The average molecular weight is 132 g/mol. The molecule has 0 aliphatic carbocycles. The molecule has 0 fully saturated rings. The Kier molecular flexibility index (Phi) is 3.80. The molecule has 1 unspecified atom stereocenters. The molecule has 9 heavy (non-hydrogen) atoms. The van der Waals surface area contributed by atoms with Gasteiger partial charge in [-0.2, -0.15) is 0 Å². The normalized spacial score (nSPS) is 17.0. The maximum Gasteiger partial charge on any atom is 0.457 e. The topological polar surface area (TPSA) is 78.5 Å². The van der Waals surface area contributed by atoms with Crippen LogP contribution in [0.15, 0.2) is 0 Å². The highest BCUT2D eigenvalue weighted by Gasteiger charge is 2.23. The van der Waals surface area contributed by atoms with E-state index >= 15 is 0 Å². The molecule has 0 heterocycles. The molecule has 0 aliphatic rings. The molecule has 54 valence electrons. The number of nitrogens with one attached hydrogen (secondary N) is 1. The minimum absolute atomic E-state index is 0.338. The molecular formula is C4H13BN2O2. The molecule has 0 rings (SSSR count). The van der Waals surface area contributed by atoms with Gasteiger partial charge in [-0.15, -0.1) is 0 Å². The van der Waals surface area contributed by atoms with Crippen molar-refractivity contribution < 1.29 is 10.0 Å². The van der Waals surface area contributed by atoms with Crippen molar-refractivity contribution in [3.05, 3.63) is 0 Å². The van der Waals surface area contributed by atoms with Crippen LogP contribution in [0.3, 0.4) is 0 Å². The second kappa shape index (κ2) is 3.84. The van der Waals surface area contributed by atoms with Crippen molar-refractivity contribution in [1.29, 1.82) is 0 Å². The molecule has 0 aromatic carbocycles. The van der Waals surface area contributed by atoms with Crippen molar-refractivity contribution in [2.24, 2.45) is 5.73 Å². The third-order valence-corrected chi connectivity index (χ3v) is 1.37. The van der Waals surface area contributed by atoms with E-state index in [4.69, 9.17) is 15.8 Å². The van der Waals surface area contributed by atoms with E-state index in [0.717, 1.165) is 0 Å². The number of nitrogens with two attached hydrogens (primary N) is 1. The molecule has 0 radical (unpaired) electrons. The minimum atomic E-state index is -1.34. The Balaban J connectivity index is 3.58. The lowest BCUT2D eigenvalue weighted by atomic mass is 9.72. The predicted octanol–water partition coefficient (Wildman–Crippen LogP) is -1.65. The highest BCUT2D eigenvalue weighted by Crippen LogP contribution is 2.05. The van der Waals surface area contributed by atoms with Gasteiger partial charge in [0.1, 0.15) is 0 Å². The van der Waals surface area contributed by atoms with Crippen molar-refractivity contribution in [3.63, 3.8) is 0 Å². The van der Waals surface area contributed by atoms with Crippen LogP contribution in [0.1, 0.15) is 6.92 Å². The van der Waals surface area contributed by atoms with Gasteiger partial charge in [-0.05, 0) is 7.05 Å². The van der Waals surface area contributed by atoms with Crippen molar-refractivity contribution in [3.8, 4) is 0 Å². The molecule has 0 aromatic heterocycles. The van der Waals surface area contributed by atoms with Gasteiger partial charge in [0.15, 0.2) is 0 Å². The molecule has 5 N–H and O–H groups in total. The standard InChI is InChI=1S/C4H13BN2O2/c1-3(5(8)9)4(6)7-2/h3-4,7-9H,6H2,1-2H3/t3-,4?/m0/s1. The van der Waals surface area contributed by atoms with Gasteiger partial charge >= 0.3 is 7.12 Å². The number of hydrogen-bond acceptors (Lipinski definition) is 4. The first-order chi connectivity index (χ1) is 4.09. The summed E-state index contributed by atoms with van der Waals surface area (Å²) >= 11 is 0. The van der Waals surface area contributed by atoms with Gasteiger partial charge in [0, 0.05) is 5.82 Å². The summed E-state index contributed by atoms with van der Waals surface area (Å²) in [6, 6.07) is 0. The Morgan fingerprint density at radius 3 is 2.11 bits per heavy atom. The first kappa shape index (κ1) is 8.90. The van der Waals surface area contributed by atoms with Crippen LogP contribution in [0, 0.1) is 0 Å². The molecule has 0 aliphatic heterocycles. The first-order valence-electron chi connectivity index (χ1n) is 2.88. The van der Waals surface area contributed by atoms with Gasteiger partial charge in [0.2, 0.25) is 0 Å². The fraction of sp³-hybridized carbons (Fsp3) is 1.00. The molecule has 5 heteroatoms. The Bertz CT molecular complexity index is 81.0. The van der Waals surface area contributed by atoms with Crippen molar-refractivity contribution in [2.45, 2.75) is 18.9 Å². The van der Waals surface area contributed by atoms with E-state index in [1.807, 2.05) is 0 Å².